The van der Waals surface area contributed by atoms with Crippen molar-refractivity contribution < 1.29 is 0 Å². The van der Waals surface area contributed by atoms with E-state index in [0.717, 1.165) is 11.3 Å². The van der Waals surface area contributed by atoms with Crippen LogP contribution in [0.4, 0.5) is 0 Å². The fraction of sp³-hybridized carbons (Fsp3) is 0.588. The number of benzene rings is 1. The van der Waals surface area contributed by atoms with Gasteiger partial charge >= 0.3 is 0 Å². The van der Waals surface area contributed by atoms with Crippen LogP contribution in [-0.2, 0) is 0 Å². The standard InChI is InChI=1S/C17H24ClN3/c1-3-10-20-11-8-14(9-12-20)21-16-7-5-4-6-15(16)19-17(21)13(2)18/h4-7,13-14H,3,8-12H2,1-2H3. The van der Waals surface area contributed by atoms with Crippen LogP contribution in [0.2, 0.25) is 0 Å². The van der Waals surface area contributed by atoms with Gasteiger partial charge in [-0.3, -0.25) is 0 Å². The normalized spacial score (nSPS) is 19.2. The molecule has 0 spiro atoms. The van der Waals surface area contributed by atoms with Gasteiger partial charge in [0.05, 0.1) is 16.4 Å². The summed E-state index contributed by atoms with van der Waals surface area (Å²) in [6, 6.07) is 8.92. The third kappa shape index (κ3) is 2.95. The van der Waals surface area contributed by atoms with Crippen LogP contribution in [-0.4, -0.2) is 34.1 Å². The van der Waals surface area contributed by atoms with Crippen LogP contribution in [0.5, 0.6) is 0 Å². The molecule has 1 aliphatic rings. The lowest BCUT2D eigenvalue weighted by Gasteiger charge is -2.33. The van der Waals surface area contributed by atoms with E-state index in [1.54, 1.807) is 0 Å². The van der Waals surface area contributed by atoms with Gasteiger partial charge in [-0.2, -0.15) is 0 Å². The molecule has 1 atom stereocenters. The summed E-state index contributed by atoms with van der Waals surface area (Å²) in [4.78, 5) is 7.33. The molecule has 1 saturated heterocycles. The minimum absolute atomic E-state index is 0.0499. The summed E-state index contributed by atoms with van der Waals surface area (Å²) in [5.41, 5.74) is 2.30. The summed E-state index contributed by atoms with van der Waals surface area (Å²) in [5.74, 6) is 1.02. The van der Waals surface area contributed by atoms with Gasteiger partial charge in [0, 0.05) is 19.1 Å². The maximum atomic E-state index is 6.38. The van der Waals surface area contributed by atoms with E-state index in [4.69, 9.17) is 16.6 Å². The molecular weight excluding hydrogens is 282 g/mol. The van der Waals surface area contributed by atoms with E-state index in [1.165, 1.54) is 44.4 Å². The van der Waals surface area contributed by atoms with E-state index in [-0.39, 0.29) is 5.38 Å². The molecule has 1 aromatic heterocycles. The van der Waals surface area contributed by atoms with Crippen molar-refractivity contribution in [2.45, 2.75) is 44.5 Å². The molecule has 3 nitrogen and oxygen atoms in total. The number of alkyl halides is 1. The van der Waals surface area contributed by atoms with Gasteiger partial charge in [-0.1, -0.05) is 19.1 Å². The number of likely N-dealkylation sites (tertiary alicyclic amines) is 1. The van der Waals surface area contributed by atoms with Crippen LogP contribution in [0.15, 0.2) is 24.3 Å². The van der Waals surface area contributed by atoms with Crippen molar-refractivity contribution >= 4 is 22.6 Å². The molecule has 0 saturated carbocycles. The molecule has 0 aliphatic carbocycles. The van der Waals surface area contributed by atoms with Crippen LogP contribution in [0, 0.1) is 0 Å². The average molecular weight is 306 g/mol. The van der Waals surface area contributed by atoms with E-state index in [0.29, 0.717) is 6.04 Å². The van der Waals surface area contributed by atoms with Crippen molar-refractivity contribution in [3.8, 4) is 0 Å². The summed E-state index contributed by atoms with van der Waals surface area (Å²) >= 11 is 6.38. The second kappa shape index (κ2) is 6.37. The van der Waals surface area contributed by atoms with Crippen LogP contribution in [0.3, 0.4) is 0 Å². The van der Waals surface area contributed by atoms with E-state index in [1.807, 2.05) is 13.0 Å². The van der Waals surface area contributed by atoms with Crippen LogP contribution < -0.4 is 0 Å². The van der Waals surface area contributed by atoms with Gasteiger partial charge in [-0.15, -0.1) is 11.6 Å². The van der Waals surface area contributed by atoms with Gasteiger partial charge in [0.25, 0.3) is 0 Å². The quantitative estimate of drug-likeness (QED) is 0.781. The zero-order valence-electron chi connectivity index (χ0n) is 12.9. The Balaban J connectivity index is 1.91. The zero-order chi connectivity index (χ0) is 14.8. The Labute approximate surface area is 131 Å². The summed E-state index contributed by atoms with van der Waals surface area (Å²) < 4.78 is 2.40. The molecule has 1 fully saturated rings. The van der Waals surface area contributed by atoms with Gasteiger partial charge in [0.1, 0.15) is 5.82 Å². The lowest BCUT2D eigenvalue weighted by molar-refractivity contribution is 0.187. The number of rotatable bonds is 4. The number of imidazole rings is 1. The highest BCUT2D eigenvalue weighted by atomic mass is 35.5. The first-order valence-corrected chi connectivity index (χ1v) is 8.47. The molecule has 2 heterocycles. The smallest absolute Gasteiger partial charge is 0.127 e. The molecule has 0 bridgehead atoms. The zero-order valence-corrected chi connectivity index (χ0v) is 13.7. The highest BCUT2D eigenvalue weighted by Gasteiger charge is 2.25. The fourth-order valence-corrected chi connectivity index (χ4v) is 3.60. The summed E-state index contributed by atoms with van der Waals surface area (Å²) in [7, 11) is 0. The van der Waals surface area contributed by atoms with E-state index >= 15 is 0 Å². The highest BCUT2D eigenvalue weighted by molar-refractivity contribution is 6.20. The number of para-hydroxylation sites is 2. The molecular formula is C17H24ClN3. The molecule has 1 aliphatic heterocycles. The Bertz CT molecular complexity index is 597. The van der Waals surface area contributed by atoms with Crippen molar-refractivity contribution in [3.05, 3.63) is 30.1 Å². The largest absolute Gasteiger partial charge is 0.324 e. The van der Waals surface area contributed by atoms with Crippen LogP contribution in [0.25, 0.3) is 11.0 Å². The van der Waals surface area contributed by atoms with Crippen molar-refractivity contribution in [1.82, 2.24) is 14.5 Å². The molecule has 21 heavy (non-hydrogen) atoms. The summed E-state index contributed by atoms with van der Waals surface area (Å²) in [6.45, 7) is 7.85. The summed E-state index contributed by atoms with van der Waals surface area (Å²) in [6.07, 6.45) is 3.62. The second-order valence-electron chi connectivity index (χ2n) is 6.02. The molecule has 114 valence electrons. The van der Waals surface area contributed by atoms with E-state index in [9.17, 15) is 0 Å². The van der Waals surface area contributed by atoms with Crippen LogP contribution >= 0.6 is 11.6 Å². The Hall–Kier alpha value is -1.06. The number of hydrogen-bond donors (Lipinski definition) is 0. The fourth-order valence-electron chi connectivity index (χ4n) is 3.44. The first kappa shape index (κ1) is 14.9. The first-order chi connectivity index (χ1) is 10.2. The third-order valence-electron chi connectivity index (χ3n) is 4.44. The first-order valence-electron chi connectivity index (χ1n) is 8.04. The maximum Gasteiger partial charge on any atom is 0.127 e. The number of aromatic nitrogens is 2. The Kier molecular flexibility index (Phi) is 4.51. The second-order valence-corrected chi connectivity index (χ2v) is 6.67. The minimum Gasteiger partial charge on any atom is -0.324 e. The van der Waals surface area contributed by atoms with Crippen LogP contribution in [0.1, 0.15) is 50.4 Å². The van der Waals surface area contributed by atoms with Gasteiger partial charge in [-0.25, -0.2) is 4.98 Å². The predicted octanol–water partition coefficient (Wildman–Crippen LogP) is 4.38. The minimum atomic E-state index is -0.0499. The van der Waals surface area contributed by atoms with Gasteiger partial charge in [0.15, 0.2) is 0 Å². The Morgan fingerprint density at radius 3 is 2.67 bits per heavy atom. The lowest BCUT2D eigenvalue weighted by atomic mass is 10.0. The van der Waals surface area contributed by atoms with E-state index < -0.39 is 0 Å². The number of fused-ring (bicyclic) bond motifs is 1. The molecule has 0 radical (unpaired) electrons. The van der Waals surface area contributed by atoms with E-state index in [2.05, 4.69) is 34.6 Å². The number of nitrogens with zero attached hydrogens (tertiary/aromatic N) is 3. The number of piperidine rings is 1. The third-order valence-corrected chi connectivity index (χ3v) is 4.64. The maximum absolute atomic E-state index is 6.38. The average Bonchev–Trinajstić information content (AvgIpc) is 2.88. The van der Waals surface area contributed by atoms with Gasteiger partial charge in [-0.05, 0) is 44.9 Å². The Morgan fingerprint density at radius 2 is 2.00 bits per heavy atom. The van der Waals surface area contributed by atoms with Crippen molar-refractivity contribution in [1.29, 1.82) is 0 Å². The molecule has 1 unspecified atom stereocenters. The van der Waals surface area contributed by atoms with Gasteiger partial charge in [0.2, 0.25) is 0 Å². The van der Waals surface area contributed by atoms with Crippen molar-refractivity contribution in [2.24, 2.45) is 0 Å². The number of halogens is 1. The monoisotopic (exact) mass is 305 g/mol. The van der Waals surface area contributed by atoms with Crippen molar-refractivity contribution in [2.75, 3.05) is 19.6 Å². The predicted molar refractivity (Wildman–Crippen MR) is 89.0 cm³/mol. The molecule has 3 rings (SSSR count). The molecule has 1 aromatic carbocycles. The molecule has 4 heteroatoms. The lowest BCUT2D eigenvalue weighted by Crippen LogP contribution is -2.35. The number of hydrogen-bond acceptors (Lipinski definition) is 2. The molecule has 0 N–H and O–H groups in total. The topological polar surface area (TPSA) is 21.1 Å². The van der Waals surface area contributed by atoms with Crippen molar-refractivity contribution in [3.63, 3.8) is 0 Å². The SMILES string of the molecule is CCCN1CCC(n2c(C(C)Cl)nc3ccccc32)CC1. The Morgan fingerprint density at radius 1 is 1.29 bits per heavy atom. The molecule has 0 amide bonds. The van der Waals surface area contributed by atoms with Gasteiger partial charge < -0.3 is 9.47 Å². The summed E-state index contributed by atoms with van der Waals surface area (Å²) in [5, 5.41) is -0.0499. The highest BCUT2D eigenvalue weighted by Crippen LogP contribution is 2.32. The molecule has 2 aromatic rings.